The minimum Gasteiger partial charge on any atom is -0.353 e. The molecule has 0 saturated heterocycles. The third-order valence-electron chi connectivity index (χ3n) is 2.56. The molecule has 0 amide bonds. The van der Waals surface area contributed by atoms with Gasteiger partial charge in [-0.15, -0.1) is 0 Å². The second-order valence-corrected chi connectivity index (χ2v) is 4.87. The Kier molecular flexibility index (Phi) is 4.88. The Balaban J connectivity index is 2.24. The van der Waals surface area contributed by atoms with Crippen molar-refractivity contribution in [1.29, 1.82) is 0 Å². The van der Waals surface area contributed by atoms with E-state index in [1.165, 1.54) is 19.3 Å². The topological polar surface area (TPSA) is 62.4 Å². The average molecular weight is 212 g/mol. The molecule has 4 nitrogen and oxygen atoms in total. The molecule has 0 aromatic heterocycles. The summed E-state index contributed by atoms with van der Waals surface area (Å²) in [5.41, 5.74) is 2.63. The molecule has 1 saturated carbocycles. The van der Waals surface area contributed by atoms with Gasteiger partial charge in [-0.05, 0) is 38.5 Å². The van der Waals surface area contributed by atoms with Gasteiger partial charge < -0.3 is 5.32 Å². The van der Waals surface area contributed by atoms with Gasteiger partial charge >= 0.3 is 0 Å². The molecular weight excluding hydrogens is 188 g/mol. The fraction of sp³-hybridized carbons (Fsp3) is 0.909. The summed E-state index contributed by atoms with van der Waals surface area (Å²) in [6, 6.07) is 0.932. The summed E-state index contributed by atoms with van der Waals surface area (Å²) in [4.78, 5) is 4.44. The van der Waals surface area contributed by atoms with Crippen molar-refractivity contribution in [2.75, 3.05) is 0 Å². The second-order valence-electron chi connectivity index (χ2n) is 4.87. The van der Waals surface area contributed by atoms with Gasteiger partial charge in [-0.1, -0.05) is 13.8 Å². The van der Waals surface area contributed by atoms with Crippen LogP contribution in [0.5, 0.6) is 0 Å². The van der Waals surface area contributed by atoms with Crippen molar-refractivity contribution >= 4 is 5.96 Å². The van der Waals surface area contributed by atoms with Crippen molar-refractivity contribution < 1.29 is 0 Å². The fourth-order valence-electron chi connectivity index (χ4n) is 1.39. The van der Waals surface area contributed by atoms with E-state index in [4.69, 9.17) is 5.84 Å². The lowest BCUT2D eigenvalue weighted by molar-refractivity contribution is 0.489. The standard InChI is InChI=1S/C11H24N4/c1-8(2)4-5-9(3)13-11(15-12)14-10-6-7-10/h8-10H,4-7,12H2,1-3H3,(H2,13,14,15). The van der Waals surface area contributed by atoms with Crippen LogP contribution in [-0.4, -0.2) is 18.0 Å². The number of rotatable bonds is 5. The van der Waals surface area contributed by atoms with Crippen molar-refractivity contribution in [3.63, 3.8) is 0 Å². The van der Waals surface area contributed by atoms with Crippen LogP contribution in [0, 0.1) is 5.92 Å². The summed E-state index contributed by atoms with van der Waals surface area (Å²) >= 11 is 0. The van der Waals surface area contributed by atoms with Gasteiger partial charge in [0.2, 0.25) is 5.96 Å². The Morgan fingerprint density at radius 3 is 2.47 bits per heavy atom. The summed E-state index contributed by atoms with van der Waals surface area (Å²) in [7, 11) is 0. The zero-order chi connectivity index (χ0) is 11.3. The lowest BCUT2D eigenvalue weighted by Crippen LogP contribution is -2.45. The average Bonchev–Trinajstić information content (AvgIpc) is 2.97. The summed E-state index contributed by atoms with van der Waals surface area (Å²) in [5.74, 6) is 6.91. The molecule has 0 aliphatic heterocycles. The predicted octanol–water partition coefficient (Wildman–Crippen LogP) is 1.38. The highest BCUT2D eigenvalue weighted by Gasteiger charge is 2.21. The Bertz CT molecular complexity index is 209. The maximum atomic E-state index is 5.41. The van der Waals surface area contributed by atoms with E-state index in [9.17, 15) is 0 Å². The molecule has 4 N–H and O–H groups in total. The summed E-state index contributed by atoms with van der Waals surface area (Å²) in [6.45, 7) is 6.66. The second kappa shape index (κ2) is 5.95. The monoisotopic (exact) mass is 212 g/mol. The van der Waals surface area contributed by atoms with Crippen LogP contribution >= 0.6 is 0 Å². The lowest BCUT2D eigenvalue weighted by atomic mass is 10.0. The van der Waals surface area contributed by atoms with E-state index >= 15 is 0 Å². The van der Waals surface area contributed by atoms with E-state index in [2.05, 4.69) is 36.5 Å². The number of guanidine groups is 1. The zero-order valence-electron chi connectivity index (χ0n) is 10.1. The predicted molar refractivity (Wildman–Crippen MR) is 64.4 cm³/mol. The van der Waals surface area contributed by atoms with E-state index in [1.54, 1.807) is 0 Å². The van der Waals surface area contributed by atoms with E-state index in [0.717, 1.165) is 18.3 Å². The first kappa shape index (κ1) is 12.3. The number of nitrogens with zero attached hydrogens (tertiary/aromatic N) is 1. The van der Waals surface area contributed by atoms with Crippen LogP contribution in [0.3, 0.4) is 0 Å². The number of hydrogen-bond donors (Lipinski definition) is 3. The highest BCUT2D eigenvalue weighted by atomic mass is 15.3. The Morgan fingerprint density at radius 2 is 2.00 bits per heavy atom. The lowest BCUT2D eigenvalue weighted by Gasteiger charge is -2.17. The SMILES string of the molecule is CC(C)CCC(C)NC(=NC1CC1)NN. The minimum absolute atomic E-state index is 0.431. The van der Waals surface area contributed by atoms with Crippen LogP contribution in [-0.2, 0) is 0 Å². The molecule has 1 aliphatic rings. The van der Waals surface area contributed by atoms with Crippen LogP contribution in [0.25, 0.3) is 0 Å². The van der Waals surface area contributed by atoms with Crippen LogP contribution in [0.15, 0.2) is 4.99 Å². The van der Waals surface area contributed by atoms with Crippen LogP contribution in [0.1, 0.15) is 46.5 Å². The summed E-state index contributed by atoms with van der Waals surface area (Å²) in [5, 5.41) is 3.31. The smallest absolute Gasteiger partial charge is 0.206 e. The molecule has 4 heteroatoms. The molecule has 0 aromatic rings. The Labute approximate surface area is 92.7 Å². The van der Waals surface area contributed by atoms with Gasteiger partial charge in [0.15, 0.2) is 0 Å². The molecule has 1 rings (SSSR count). The molecule has 1 fully saturated rings. The number of nitrogens with one attached hydrogen (secondary N) is 2. The molecule has 0 heterocycles. The first-order valence-corrected chi connectivity index (χ1v) is 5.92. The summed E-state index contributed by atoms with van der Waals surface area (Å²) < 4.78 is 0. The molecule has 1 unspecified atom stereocenters. The number of nitrogens with two attached hydrogens (primary N) is 1. The molecule has 0 radical (unpaired) electrons. The Hall–Kier alpha value is -0.770. The van der Waals surface area contributed by atoms with Gasteiger partial charge in [-0.3, -0.25) is 5.43 Å². The normalized spacial score (nSPS) is 19.1. The van der Waals surface area contributed by atoms with E-state index in [-0.39, 0.29) is 0 Å². The molecular formula is C11H24N4. The van der Waals surface area contributed by atoms with Crippen molar-refractivity contribution in [1.82, 2.24) is 10.7 Å². The Morgan fingerprint density at radius 1 is 1.33 bits per heavy atom. The highest BCUT2D eigenvalue weighted by Crippen LogP contribution is 2.23. The summed E-state index contributed by atoms with van der Waals surface area (Å²) in [6.07, 6.45) is 4.79. The van der Waals surface area contributed by atoms with E-state index in [0.29, 0.717) is 12.1 Å². The largest absolute Gasteiger partial charge is 0.353 e. The third-order valence-corrected chi connectivity index (χ3v) is 2.56. The van der Waals surface area contributed by atoms with E-state index in [1.807, 2.05) is 0 Å². The number of aliphatic imine (C=N–C) groups is 1. The molecule has 1 atom stereocenters. The highest BCUT2D eigenvalue weighted by molar-refractivity contribution is 5.79. The van der Waals surface area contributed by atoms with Gasteiger partial charge in [0.05, 0.1) is 6.04 Å². The first-order chi connectivity index (χ1) is 7.11. The van der Waals surface area contributed by atoms with Crippen LogP contribution < -0.4 is 16.6 Å². The molecule has 1 aliphatic carbocycles. The van der Waals surface area contributed by atoms with Crippen molar-refractivity contribution in [3.8, 4) is 0 Å². The van der Waals surface area contributed by atoms with Gasteiger partial charge in [0.25, 0.3) is 0 Å². The zero-order valence-corrected chi connectivity index (χ0v) is 10.1. The first-order valence-electron chi connectivity index (χ1n) is 5.92. The molecule has 88 valence electrons. The third kappa shape index (κ3) is 5.62. The van der Waals surface area contributed by atoms with Crippen LogP contribution in [0.2, 0.25) is 0 Å². The molecule has 15 heavy (non-hydrogen) atoms. The van der Waals surface area contributed by atoms with Crippen molar-refractivity contribution in [2.24, 2.45) is 16.8 Å². The maximum Gasteiger partial charge on any atom is 0.206 e. The molecule has 0 aromatic carbocycles. The number of hydrogen-bond acceptors (Lipinski definition) is 2. The molecule has 0 bridgehead atoms. The van der Waals surface area contributed by atoms with Crippen molar-refractivity contribution in [3.05, 3.63) is 0 Å². The quantitative estimate of drug-likeness (QED) is 0.279. The van der Waals surface area contributed by atoms with Gasteiger partial charge in [0.1, 0.15) is 0 Å². The minimum atomic E-state index is 0.431. The van der Waals surface area contributed by atoms with E-state index < -0.39 is 0 Å². The van der Waals surface area contributed by atoms with Gasteiger partial charge in [-0.25, -0.2) is 10.8 Å². The number of hydrazine groups is 1. The van der Waals surface area contributed by atoms with Crippen molar-refractivity contribution in [2.45, 2.75) is 58.5 Å². The molecule has 0 spiro atoms. The van der Waals surface area contributed by atoms with Crippen LogP contribution in [0.4, 0.5) is 0 Å². The fourth-order valence-corrected chi connectivity index (χ4v) is 1.39. The van der Waals surface area contributed by atoms with Gasteiger partial charge in [-0.2, -0.15) is 0 Å². The maximum absolute atomic E-state index is 5.41. The van der Waals surface area contributed by atoms with Gasteiger partial charge in [0, 0.05) is 6.04 Å².